The molecule has 2 atom stereocenters. The van der Waals surface area contributed by atoms with Crippen LogP contribution in [0.25, 0.3) is 0 Å². The highest BCUT2D eigenvalue weighted by Gasteiger charge is 2.34. The zero-order valence-corrected chi connectivity index (χ0v) is 18.7. The monoisotopic (exact) mass is 441 g/mol. The Bertz CT molecular complexity index is 963. The van der Waals surface area contributed by atoms with Crippen molar-refractivity contribution in [1.82, 2.24) is 10.2 Å². The first-order chi connectivity index (χ1) is 14.9. The van der Waals surface area contributed by atoms with E-state index in [0.717, 1.165) is 35.4 Å². The van der Waals surface area contributed by atoms with Gasteiger partial charge in [-0.25, -0.2) is 4.79 Å². The van der Waals surface area contributed by atoms with Gasteiger partial charge in [0.25, 0.3) is 0 Å². The number of rotatable bonds is 3. The third-order valence-electron chi connectivity index (χ3n) is 5.85. The van der Waals surface area contributed by atoms with Crippen LogP contribution in [0, 0.1) is 12.8 Å². The molecule has 1 fully saturated rings. The van der Waals surface area contributed by atoms with Gasteiger partial charge in [-0.05, 0) is 62.1 Å². The number of nitrogens with one attached hydrogen (secondary N) is 1. The van der Waals surface area contributed by atoms with E-state index in [4.69, 9.17) is 16.3 Å². The summed E-state index contributed by atoms with van der Waals surface area (Å²) >= 11 is 5.92. The van der Waals surface area contributed by atoms with Crippen molar-refractivity contribution in [2.24, 2.45) is 5.92 Å². The van der Waals surface area contributed by atoms with Gasteiger partial charge in [0.05, 0.1) is 18.2 Å². The van der Waals surface area contributed by atoms with Gasteiger partial charge in [-0.15, -0.1) is 0 Å². The predicted octanol–water partition coefficient (Wildman–Crippen LogP) is 4.38. The van der Waals surface area contributed by atoms with Gasteiger partial charge in [-0.2, -0.15) is 0 Å². The normalized spacial score (nSPS) is 20.6. The molecule has 1 N–H and O–H groups in total. The molecular weight excluding hydrogens is 414 g/mol. The molecule has 2 aliphatic rings. The highest BCUT2D eigenvalue weighted by Crippen LogP contribution is 2.35. The third-order valence-corrected chi connectivity index (χ3v) is 6.10. The lowest BCUT2D eigenvalue weighted by atomic mass is 9.97. The SMILES string of the molecule is Cc1ccc2c(c1)N(C(=O)N1CCCC(C(=O)NCc3ccc(Cl)cc3)C1)CC(C)O2. The van der Waals surface area contributed by atoms with Crippen molar-refractivity contribution >= 4 is 29.2 Å². The standard InChI is InChI=1S/C24H28ClN3O3/c1-16-5-10-22-21(12-16)28(14-17(2)31-22)24(30)27-11-3-4-19(15-27)23(29)26-13-18-6-8-20(25)9-7-18/h5-10,12,17,19H,3-4,11,13-15H2,1-2H3,(H,26,29). The number of ether oxygens (including phenoxy) is 1. The van der Waals surface area contributed by atoms with E-state index in [1.165, 1.54) is 0 Å². The van der Waals surface area contributed by atoms with Gasteiger partial charge < -0.3 is 15.0 Å². The van der Waals surface area contributed by atoms with Crippen molar-refractivity contribution in [2.45, 2.75) is 39.3 Å². The summed E-state index contributed by atoms with van der Waals surface area (Å²) in [6, 6.07) is 13.3. The Morgan fingerprint density at radius 2 is 1.94 bits per heavy atom. The van der Waals surface area contributed by atoms with E-state index in [1.54, 1.807) is 9.80 Å². The average Bonchev–Trinajstić information content (AvgIpc) is 2.78. The molecule has 0 aromatic heterocycles. The van der Waals surface area contributed by atoms with Crippen LogP contribution < -0.4 is 15.0 Å². The van der Waals surface area contributed by atoms with Crippen molar-refractivity contribution in [3.8, 4) is 5.75 Å². The summed E-state index contributed by atoms with van der Waals surface area (Å²) in [7, 11) is 0. The molecule has 4 rings (SSSR count). The molecule has 31 heavy (non-hydrogen) atoms. The van der Waals surface area contributed by atoms with Gasteiger partial charge >= 0.3 is 6.03 Å². The second-order valence-corrected chi connectivity index (χ2v) is 8.86. The summed E-state index contributed by atoms with van der Waals surface area (Å²) in [6.07, 6.45) is 1.51. The Morgan fingerprint density at radius 3 is 2.71 bits per heavy atom. The van der Waals surface area contributed by atoms with Crippen LogP contribution in [0.15, 0.2) is 42.5 Å². The van der Waals surface area contributed by atoms with E-state index >= 15 is 0 Å². The van der Waals surface area contributed by atoms with Crippen molar-refractivity contribution in [3.63, 3.8) is 0 Å². The summed E-state index contributed by atoms with van der Waals surface area (Å²) < 4.78 is 5.91. The molecule has 0 bridgehead atoms. The third kappa shape index (κ3) is 4.96. The molecule has 7 heteroatoms. The van der Waals surface area contributed by atoms with Gasteiger partial charge in [-0.3, -0.25) is 9.69 Å². The number of fused-ring (bicyclic) bond motifs is 1. The predicted molar refractivity (Wildman–Crippen MR) is 122 cm³/mol. The smallest absolute Gasteiger partial charge is 0.324 e. The highest BCUT2D eigenvalue weighted by atomic mass is 35.5. The second-order valence-electron chi connectivity index (χ2n) is 8.42. The Balaban J connectivity index is 1.41. The van der Waals surface area contributed by atoms with Crippen LogP contribution in [0.5, 0.6) is 5.75 Å². The Hall–Kier alpha value is -2.73. The number of carbonyl (C=O) groups excluding carboxylic acids is 2. The molecule has 2 aromatic carbocycles. The number of anilines is 1. The Kier molecular flexibility index (Phi) is 6.37. The molecule has 0 saturated carbocycles. The van der Waals surface area contributed by atoms with Gasteiger partial charge in [0.1, 0.15) is 11.9 Å². The van der Waals surface area contributed by atoms with E-state index in [0.29, 0.717) is 31.2 Å². The summed E-state index contributed by atoms with van der Waals surface area (Å²) in [5.41, 5.74) is 2.88. The van der Waals surface area contributed by atoms with Crippen LogP contribution in [0.2, 0.25) is 5.02 Å². The molecular formula is C24H28ClN3O3. The number of aryl methyl sites for hydroxylation is 1. The number of piperidine rings is 1. The fourth-order valence-electron chi connectivity index (χ4n) is 4.20. The molecule has 164 valence electrons. The summed E-state index contributed by atoms with van der Waals surface area (Å²) in [5.74, 6) is 0.506. The number of halogens is 1. The molecule has 2 aliphatic heterocycles. The summed E-state index contributed by atoms with van der Waals surface area (Å²) in [5, 5.41) is 3.68. The lowest BCUT2D eigenvalue weighted by Gasteiger charge is -2.39. The van der Waals surface area contributed by atoms with Crippen LogP contribution in [-0.4, -0.2) is 42.6 Å². The molecule has 1 saturated heterocycles. The largest absolute Gasteiger partial charge is 0.487 e. The molecule has 6 nitrogen and oxygen atoms in total. The summed E-state index contributed by atoms with van der Waals surface area (Å²) in [4.78, 5) is 29.8. The van der Waals surface area contributed by atoms with E-state index in [2.05, 4.69) is 5.32 Å². The molecule has 3 amide bonds. The number of amides is 3. The number of nitrogens with zero attached hydrogens (tertiary/aromatic N) is 2. The van der Waals surface area contributed by atoms with Gasteiger partial charge in [0.2, 0.25) is 5.91 Å². The lowest BCUT2D eigenvalue weighted by molar-refractivity contribution is -0.126. The lowest BCUT2D eigenvalue weighted by Crippen LogP contribution is -2.53. The maximum Gasteiger partial charge on any atom is 0.324 e. The molecule has 0 radical (unpaired) electrons. The van der Waals surface area contributed by atoms with Gasteiger partial charge in [0, 0.05) is 24.7 Å². The van der Waals surface area contributed by atoms with Crippen molar-refractivity contribution in [2.75, 3.05) is 24.5 Å². The zero-order valence-electron chi connectivity index (χ0n) is 17.9. The maximum atomic E-state index is 13.4. The van der Waals surface area contributed by atoms with E-state index in [-0.39, 0.29) is 24.0 Å². The Morgan fingerprint density at radius 1 is 1.16 bits per heavy atom. The fraction of sp³-hybridized carbons (Fsp3) is 0.417. The molecule has 2 heterocycles. The quantitative estimate of drug-likeness (QED) is 0.768. The minimum absolute atomic E-state index is 0.0148. The topological polar surface area (TPSA) is 61.9 Å². The molecule has 0 spiro atoms. The number of urea groups is 1. The minimum Gasteiger partial charge on any atom is -0.487 e. The Labute approximate surface area is 188 Å². The van der Waals surface area contributed by atoms with Crippen LogP contribution in [-0.2, 0) is 11.3 Å². The fourth-order valence-corrected chi connectivity index (χ4v) is 4.33. The number of hydrogen-bond donors (Lipinski definition) is 1. The van der Waals surface area contributed by atoms with Crippen LogP contribution >= 0.6 is 11.6 Å². The number of hydrogen-bond acceptors (Lipinski definition) is 3. The van der Waals surface area contributed by atoms with Gasteiger partial charge in [0.15, 0.2) is 0 Å². The van der Waals surface area contributed by atoms with E-state index in [1.807, 2.05) is 56.3 Å². The molecule has 2 unspecified atom stereocenters. The average molecular weight is 442 g/mol. The summed E-state index contributed by atoms with van der Waals surface area (Å²) in [6.45, 7) is 6.01. The number of benzene rings is 2. The van der Waals surface area contributed by atoms with Crippen molar-refractivity contribution < 1.29 is 14.3 Å². The van der Waals surface area contributed by atoms with Crippen LogP contribution in [0.4, 0.5) is 10.5 Å². The van der Waals surface area contributed by atoms with Crippen LogP contribution in [0.1, 0.15) is 30.9 Å². The minimum atomic E-state index is -0.208. The number of likely N-dealkylation sites (tertiary alicyclic amines) is 1. The van der Waals surface area contributed by atoms with Crippen LogP contribution in [0.3, 0.4) is 0 Å². The maximum absolute atomic E-state index is 13.4. The van der Waals surface area contributed by atoms with E-state index < -0.39 is 0 Å². The first-order valence-electron chi connectivity index (χ1n) is 10.8. The second kappa shape index (κ2) is 9.18. The first kappa shape index (κ1) is 21.5. The highest BCUT2D eigenvalue weighted by molar-refractivity contribution is 6.30. The zero-order chi connectivity index (χ0) is 22.0. The van der Waals surface area contributed by atoms with Gasteiger partial charge in [-0.1, -0.05) is 29.8 Å². The first-order valence-corrected chi connectivity index (χ1v) is 11.1. The molecule has 0 aliphatic carbocycles. The van der Waals surface area contributed by atoms with Crippen molar-refractivity contribution in [1.29, 1.82) is 0 Å². The van der Waals surface area contributed by atoms with Crippen molar-refractivity contribution in [3.05, 3.63) is 58.6 Å². The van der Waals surface area contributed by atoms with E-state index in [9.17, 15) is 9.59 Å². The number of carbonyl (C=O) groups is 2. The molecule has 2 aromatic rings.